The van der Waals surface area contributed by atoms with Gasteiger partial charge >= 0.3 is 0 Å². The van der Waals surface area contributed by atoms with Gasteiger partial charge in [-0.2, -0.15) is 4.31 Å². The Labute approximate surface area is 131 Å². The minimum Gasteiger partial charge on any atom is -0.324 e. The Kier molecular flexibility index (Phi) is 5.29. The van der Waals surface area contributed by atoms with Crippen LogP contribution in [0.15, 0.2) is 11.4 Å². The summed E-state index contributed by atoms with van der Waals surface area (Å²) in [6.45, 7) is 5.11. The number of nitrogens with zero attached hydrogens (tertiary/aromatic N) is 4. The first kappa shape index (κ1) is 16.7. The van der Waals surface area contributed by atoms with Crippen LogP contribution < -0.4 is 0 Å². The summed E-state index contributed by atoms with van der Waals surface area (Å²) in [4.78, 5) is 6.32. The summed E-state index contributed by atoms with van der Waals surface area (Å²) in [5.41, 5.74) is 0. The van der Waals surface area contributed by atoms with E-state index in [1.807, 2.05) is 0 Å². The van der Waals surface area contributed by atoms with E-state index in [0.717, 1.165) is 38.9 Å². The molecule has 0 spiro atoms. The van der Waals surface area contributed by atoms with Gasteiger partial charge in [0.2, 0.25) is 5.03 Å². The summed E-state index contributed by atoms with van der Waals surface area (Å²) in [5, 5.41) is 0.107. The van der Waals surface area contributed by atoms with Crippen molar-refractivity contribution in [3.63, 3.8) is 0 Å². The summed E-state index contributed by atoms with van der Waals surface area (Å²) >= 11 is 6.03. The number of likely N-dealkylation sites (tertiary alicyclic amines) is 1. The van der Waals surface area contributed by atoms with Gasteiger partial charge in [-0.3, -0.25) is 0 Å². The van der Waals surface area contributed by atoms with E-state index in [1.54, 1.807) is 14.1 Å². The molecule has 1 aliphatic rings. The van der Waals surface area contributed by atoms with Crippen molar-refractivity contribution in [3.05, 3.63) is 11.5 Å². The van der Waals surface area contributed by atoms with Gasteiger partial charge in [-0.15, -0.1) is 0 Å². The zero-order chi connectivity index (χ0) is 15.6. The minimum absolute atomic E-state index is 0.0150. The summed E-state index contributed by atoms with van der Waals surface area (Å²) in [5.74, 6) is 0. The van der Waals surface area contributed by atoms with Crippen LogP contribution in [0.1, 0.15) is 26.2 Å². The van der Waals surface area contributed by atoms with Gasteiger partial charge in [0.15, 0.2) is 0 Å². The summed E-state index contributed by atoms with van der Waals surface area (Å²) < 4.78 is 28.2. The number of hydrogen-bond donors (Lipinski definition) is 0. The maximum absolute atomic E-state index is 12.6. The molecule has 21 heavy (non-hydrogen) atoms. The van der Waals surface area contributed by atoms with Gasteiger partial charge in [-0.05, 0) is 38.9 Å². The summed E-state index contributed by atoms with van der Waals surface area (Å²) in [7, 11) is -0.324. The SMILES string of the molecule is CCCN1CCC(N(C)S(=O)(=O)c2ncn(C)c2Cl)CC1. The molecule has 0 unspecified atom stereocenters. The highest BCUT2D eigenvalue weighted by Crippen LogP contribution is 2.26. The van der Waals surface area contributed by atoms with Gasteiger partial charge in [0, 0.05) is 20.1 Å². The maximum Gasteiger partial charge on any atom is 0.263 e. The molecule has 2 heterocycles. The van der Waals surface area contributed by atoms with E-state index < -0.39 is 10.0 Å². The minimum atomic E-state index is -3.63. The molecule has 1 saturated heterocycles. The van der Waals surface area contributed by atoms with Crippen LogP contribution in [0.3, 0.4) is 0 Å². The Balaban J connectivity index is 2.09. The lowest BCUT2D eigenvalue weighted by Gasteiger charge is -2.35. The molecule has 0 aliphatic carbocycles. The summed E-state index contributed by atoms with van der Waals surface area (Å²) in [6.07, 6.45) is 4.25. The quantitative estimate of drug-likeness (QED) is 0.820. The molecule has 2 rings (SSSR count). The third-order valence-corrected chi connectivity index (χ3v) is 6.47. The van der Waals surface area contributed by atoms with Gasteiger partial charge in [0.25, 0.3) is 10.0 Å². The molecule has 6 nitrogen and oxygen atoms in total. The van der Waals surface area contributed by atoms with E-state index in [0.29, 0.717) is 0 Å². The largest absolute Gasteiger partial charge is 0.324 e. The van der Waals surface area contributed by atoms with Gasteiger partial charge in [-0.25, -0.2) is 13.4 Å². The van der Waals surface area contributed by atoms with Crippen molar-refractivity contribution in [1.82, 2.24) is 18.8 Å². The predicted octanol–water partition coefficient (Wildman–Crippen LogP) is 1.57. The Morgan fingerprint density at radius 2 is 2.05 bits per heavy atom. The highest BCUT2D eigenvalue weighted by molar-refractivity contribution is 7.89. The molecule has 1 aromatic heterocycles. The number of piperidine rings is 1. The Bertz CT molecular complexity index is 579. The lowest BCUT2D eigenvalue weighted by atomic mass is 10.1. The molecule has 120 valence electrons. The third-order valence-electron chi connectivity index (χ3n) is 4.07. The van der Waals surface area contributed by atoms with Crippen molar-refractivity contribution >= 4 is 21.6 Å². The highest BCUT2D eigenvalue weighted by atomic mass is 35.5. The summed E-state index contributed by atoms with van der Waals surface area (Å²) in [6, 6.07) is 0.0150. The molecule has 1 fully saturated rings. The lowest BCUT2D eigenvalue weighted by molar-refractivity contribution is 0.170. The molecule has 0 atom stereocenters. The molecule has 0 bridgehead atoms. The smallest absolute Gasteiger partial charge is 0.263 e. The van der Waals surface area contributed by atoms with Crippen molar-refractivity contribution in [1.29, 1.82) is 0 Å². The maximum atomic E-state index is 12.6. The van der Waals surface area contributed by atoms with Crippen molar-refractivity contribution in [2.45, 2.75) is 37.3 Å². The molecule has 1 aromatic rings. The number of rotatable bonds is 5. The molecule has 0 radical (unpaired) electrons. The van der Waals surface area contributed by atoms with Crippen LogP contribution in [0, 0.1) is 0 Å². The van der Waals surface area contributed by atoms with E-state index in [4.69, 9.17) is 11.6 Å². The Hall–Kier alpha value is -0.630. The number of imidazole rings is 1. The van der Waals surface area contributed by atoms with E-state index in [-0.39, 0.29) is 16.2 Å². The van der Waals surface area contributed by atoms with Crippen molar-refractivity contribution in [3.8, 4) is 0 Å². The molecular formula is C13H23ClN4O2S. The molecule has 0 amide bonds. The molecule has 8 heteroatoms. The predicted molar refractivity (Wildman–Crippen MR) is 82.9 cm³/mol. The monoisotopic (exact) mass is 334 g/mol. The number of halogens is 1. The third kappa shape index (κ3) is 3.41. The van der Waals surface area contributed by atoms with Crippen LogP contribution in [0.2, 0.25) is 5.15 Å². The number of hydrogen-bond acceptors (Lipinski definition) is 4. The fourth-order valence-corrected chi connectivity index (χ4v) is 4.52. The van der Waals surface area contributed by atoms with Crippen molar-refractivity contribution in [2.75, 3.05) is 26.7 Å². The van der Waals surface area contributed by atoms with E-state index in [1.165, 1.54) is 15.2 Å². The van der Waals surface area contributed by atoms with Crippen molar-refractivity contribution in [2.24, 2.45) is 7.05 Å². The van der Waals surface area contributed by atoms with Crippen LogP contribution in [0.4, 0.5) is 0 Å². The first-order valence-corrected chi connectivity index (χ1v) is 9.07. The zero-order valence-corrected chi connectivity index (χ0v) is 14.4. The molecule has 0 aromatic carbocycles. The first-order chi connectivity index (χ1) is 9.87. The van der Waals surface area contributed by atoms with Crippen LogP contribution >= 0.6 is 11.6 Å². The zero-order valence-electron chi connectivity index (χ0n) is 12.8. The fourth-order valence-electron chi connectivity index (χ4n) is 2.72. The van der Waals surface area contributed by atoms with E-state index in [2.05, 4.69) is 16.8 Å². The fraction of sp³-hybridized carbons (Fsp3) is 0.769. The highest BCUT2D eigenvalue weighted by Gasteiger charge is 2.33. The van der Waals surface area contributed by atoms with Crippen LogP contribution in [0.5, 0.6) is 0 Å². The Morgan fingerprint density at radius 3 is 2.52 bits per heavy atom. The standard InChI is InChI=1S/C13H23ClN4O2S/c1-4-7-18-8-5-11(6-9-18)17(3)21(19,20)13-12(14)16(2)10-15-13/h10-11H,4-9H2,1-3H3. The molecule has 0 N–H and O–H groups in total. The Morgan fingerprint density at radius 1 is 1.43 bits per heavy atom. The second-order valence-corrected chi connectivity index (χ2v) is 7.82. The van der Waals surface area contributed by atoms with E-state index in [9.17, 15) is 8.42 Å². The van der Waals surface area contributed by atoms with Gasteiger partial charge in [0.05, 0.1) is 6.33 Å². The van der Waals surface area contributed by atoms with Crippen LogP contribution in [-0.2, 0) is 17.1 Å². The molecule has 0 saturated carbocycles. The van der Waals surface area contributed by atoms with Gasteiger partial charge < -0.3 is 9.47 Å². The second-order valence-electron chi connectivity index (χ2n) is 5.55. The molecule has 1 aliphatic heterocycles. The average Bonchev–Trinajstić information content (AvgIpc) is 2.80. The van der Waals surface area contributed by atoms with Crippen molar-refractivity contribution < 1.29 is 8.42 Å². The topological polar surface area (TPSA) is 58.4 Å². The van der Waals surface area contributed by atoms with Gasteiger partial charge in [-0.1, -0.05) is 18.5 Å². The number of aromatic nitrogens is 2. The van der Waals surface area contributed by atoms with Crippen LogP contribution in [-0.4, -0.2) is 59.9 Å². The first-order valence-electron chi connectivity index (χ1n) is 7.25. The lowest BCUT2D eigenvalue weighted by Crippen LogP contribution is -2.45. The second kappa shape index (κ2) is 6.64. The normalized spacial score (nSPS) is 18.5. The number of sulfonamides is 1. The molecular weight excluding hydrogens is 312 g/mol. The number of aryl methyl sites for hydroxylation is 1. The van der Waals surface area contributed by atoms with E-state index >= 15 is 0 Å². The average molecular weight is 335 g/mol. The van der Waals surface area contributed by atoms with Crippen LogP contribution in [0.25, 0.3) is 0 Å². The van der Waals surface area contributed by atoms with Gasteiger partial charge in [0.1, 0.15) is 5.15 Å².